The molecule has 2 rings (SSSR count). The molecule has 1 amide bonds. The molecule has 0 aromatic carbocycles. The molecule has 2 aromatic rings. The molecule has 2 aromatic heterocycles. The molecule has 90 valence electrons. The second-order valence-corrected chi connectivity index (χ2v) is 5.04. The number of thiazole rings is 1. The number of aromatic nitrogens is 2. The zero-order valence-electron chi connectivity index (χ0n) is 9.90. The lowest BCUT2D eigenvalue weighted by Gasteiger charge is -2.00. The summed E-state index contributed by atoms with van der Waals surface area (Å²) in [6.45, 7) is 5.57. The van der Waals surface area contributed by atoms with Gasteiger partial charge in [-0.2, -0.15) is 0 Å². The molecule has 0 spiro atoms. The minimum absolute atomic E-state index is 0.103. The maximum Gasteiger partial charge on any atom is 0.230 e. The van der Waals surface area contributed by atoms with Crippen molar-refractivity contribution in [3.05, 3.63) is 28.1 Å². The molecule has 0 bridgehead atoms. The van der Waals surface area contributed by atoms with Gasteiger partial charge in [0.2, 0.25) is 5.91 Å². The lowest BCUT2D eigenvalue weighted by molar-refractivity contribution is -0.115. The van der Waals surface area contributed by atoms with Crippen LogP contribution in [0.2, 0.25) is 0 Å². The number of nitrogens with one attached hydrogen (secondary N) is 1. The van der Waals surface area contributed by atoms with Crippen LogP contribution < -0.4 is 5.32 Å². The number of hydrogen-bond donors (Lipinski definition) is 1. The first-order valence-electron chi connectivity index (χ1n) is 5.20. The van der Waals surface area contributed by atoms with E-state index in [2.05, 4.69) is 15.5 Å². The number of rotatable bonds is 3. The molecule has 0 aliphatic rings. The highest BCUT2D eigenvalue weighted by atomic mass is 32.1. The zero-order chi connectivity index (χ0) is 12.4. The van der Waals surface area contributed by atoms with Crippen LogP contribution in [-0.4, -0.2) is 16.0 Å². The van der Waals surface area contributed by atoms with E-state index >= 15 is 0 Å². The van der Waals surface area contributed by atoms with Gasteiger partial charge >= 0.3 is 0 Å². The van der Waals surface area contributed by atoms with E-state index in [1.165, 1.54) is 11.3 Å². The summed E-state index contributed by atoms with van der Waals surface area (Å²) >= 11 is 1.45. The summed E-state index contributed by atoms with van der Waals surface area (Å²) in [6, 6.07) is 0. The van der Waals surface area contributed by atoms with Gasteiger partial charge < -0.3 is 9.84 Å². The molecule has 2 heterocycles. The van der Waals surface area contributed by atoms with Crippen LogP contribution in [0.3, 0.4) is 0 Å². The van der Waals surface area contributed by atoms with Crippen molar-refractivity contribution >= 4 is 22.4 Å². The smallest absolute Gasteiger partial charge is 0.230 e. The Hall–Kier alpha value is -1.69. The Bertz CT molecular complexity index is 525. The second kappa shape index (κ2) is 4.67. The first-order valence-corrected chi connectivity index (χ1v) is 6.02. The normalized spacial score (nSPS) is 10.5. The third-order valence-corrected chi connectivity index (χ3v) is 3.21. The summed E-state index contributed by atoms with van der Waals surface area (Å²) in [5.41, 5.74) is 1.60. The van der Waals surface area contributed by atoms with Crippen LogP contribution in [0.4, 0.5) is 5.13 Å². The first-order chi connectivity index (χ1) is 8.06. The van der Waals surface area contributed by atoms with Gasteiger partial charge in [-0.05, 0) is 20.8 Å². The maximum absolute atomic E-state index is 11.8. The fourth-order valence-electron chi connectivity index (χ4n) is 1.49. The van der Waals surface area contributed by atoms with E-state index in [0.29, 0.717) is 10.9 Å². The number of hydrogen-bond acceptors (Lipinski definition) is 5. The van der Waals surface area contributed by atoms with Gasteiger partial charge in [-0.1, -0.05) is 5.16 Å². The number of nitrogens with zero attached hydrogens (tertiary/aromatic N) is 2. The second-order valence-electron chi connectivity index (χ2n) is 3.80. The Balaban J connectivity index is 2.03. The number of aryl methyl sites for hydroxylation is 3. The van der Waals surface area contributed by atoms with E-state index in [4.69, 9.17) is 4.52 Å². The van der Waals surface area contributed by atoms with Gasteiger partial charge in [0.15, 0.2) is 5.13 Å². The molecule has 0 aliphatic carbocycles. The average Bonchev–Trinajstić information content (AvgIpc) is 2.79. The first kappa shape index (κ1) is 11.8. The molecular weight excluding hydrogens is 238 g/mol. The van der Waals surface area contributed by atoms with Crippen LogP contribution in [0.5, 0.6) is 0 Å². The van der Waals surface area contributed by atoms with Crippen molar-refractivity contribution in [2.75, 3.05) is 5.32 Å². The maximum atomic E-state index is 11.8. The Kier molecular flexibility index (Phi) is 3.23. The number of amides is 1. The molecule has 0 radical (unpaired) electrons. The molecule has 0 fully saturated rings. The summed E-state index contributed by atoms with van der Waals surface area (Å²) in [6.07, 6.45) is 2.00. The SMILES string of the molecule is Cc1cnc(NC(=O)Cc2c(C)noc2C)s1. The van der Waals surface area contributed by atoms with Gasteiger partial charge in [0.1, 0.15) is 5.76 Å². The third-order valence-electron chi connectivity index (χ3n) is 2.39. The van der Waals surface area contributed by atoms with Gasteiger partial charge in [-0.25, -0.2) is 4.98 Å². The van der Waals surface area contributed by atoms with Gasteiger partial charge in [-0.3, -0.25) is 4.79 Å². The Morgan fingerprint density at radius 3 is 2.76 bits per heavy atom. The van der Waals surface area contributed by atoms with Crippen molar-refractivity contribution in [3.8, 4) is 0 Å². The summed E-state index contributed by atoms with van der Waals surface area (Å²) in [4.78, 5) is 16.9. The Morgan fingerprint density at radius 2 is 2.24 bits per heavy atom. The predicted molar refractivity (Wildman–Crippen MR) is 65.2 cm³/mol. The summed E-state index contributed by atoms with van der Waals surface area (Å²) in [5.74, 6) is 0.585. The van der Waals surface area contributed by atoms with E-state index < -0.39 is 0 Å². The highest BCUT2D eigenvalue weighted by Crippen LogP contribution is 2.18. The minimum Gasteiger partial charge on any atom is -0.361 e. The monoisotopic (exact) mass is 251 g/mol. The van der Waals surface area contributed by atoms with Gasteiger partial charge in [-0.15, -0.1) is 11.3 Å². The summed E-state index contributed by atoms with van der Waals surface area (Å²) in [7, 11) is 0. The fourth-order valence-corrected chi connectivity index (χ4v) is 2.17. The standard InChI is InChI=1S/C11H13N3O2S/c1-6-5-12-11(17-6)13-10(15)4-9-7(2)14-16-8(9)3/h5H,4H2,1-3H3,(H,12,13,15). The van der Waals surface area contributed by atoms with Crippen LogP contribution in [0, 0.1) is 20.8 Å². The topological polar surface area (TPSA) is 68.0 Å². The number of carbonyl (C=O) groups is 1. The largest absolute Gasteiger partial charge is 0.361 e. The van der Waals surface area contributed by atoms with Crippen molar-refractivity contribution in [2.45, 2.75) is 27.2 Å². The molecule has 0 saturated heterocycles. The molecular formula is C11H13N3O2S. The number of carbonyl (C=O) groups excluding carboxylic acids is 1. The summed E-state index contributed by atoms with van der Waals surface area (Å²) < 4.78 is 5.01. The van der Waals surface area contributed by atoms with Crippen molar-refractivity contribution in [2.24, 2.45) is 0 Å². The van der Waals surface area contributed by atoms with Crippen LogP contribution in [0.1, 0.15) is 21.9 Å². The highest BCUT2D eigenvalue weighted by Gasteiger charge is 2.14. The lowest BCUT2D eigenvalue weighted by Crippen LogP contribution is -2.14. The molecule has 0 aliphatic heterocycles. The van der Waals surface area contributed by atoms with E-state index in [-0.39, 0.29) is 12.3 Å². The van der Waals surface area contributed by atoms with Gasteiger partial charge in [0, 0.05) is 16.6 Å². The van der Waals surface area contributed by atoms with Gasteiger partial charge in [0.25, 0.3) is 0 Å². The summed E-state index contributed by atoms with van der Waals surface area (Å²) in [5, 5.41) is 7.19. The van der Waals surface area contributed by atoms with E-state index in [1.54, 1.807) is 13.1 Å². The molecule has 6 heteroatoms. The fraction of sp³-hybridized carbons (Fsp3) is 0.364. The van der Waals surface area contributed by atoms with E-state index in [9.17, 15) is 4.79 Å². The molecule has 17 heavy (non-hydrogen) atoms. The highest BCUT2D eigenvalue weighted by molar-refractivity contribution is 7.15. The Labute approximate surface area is 103 Å². The van der Waals surface area contributed by atoms with Crippen molar-refractivity contribution in [1.29, 1.82) is 0 Å². The van der Waals surface area contributed by atoms with Crippen LogP contribution in [-0.2, 0) is 11.2 Å². The number of anilines is 1. The molecule has 0 atom stereocenters. The van der Waals surface area contributed by atoms with Crippen molar-refractivity contribution in [3.63, 3.8) is 0 Å². The van der Waals surface area contributed by atoms with Gasteiger partial charge in [0.05, 0.1) is 12.1 Å². The third kappa shape index (κ3) is 2.71. The van der Waals surface area contributed by atoms with E-state index in [0.717, 1.165) is 16.1 Å². The predicted octanol–water partition coefficient (Wildman–Crippen LogP) is 2.24. The minimum atomic E-state index is -0.103. The molecule has 0 unspecified atom stereocenters. The van der Waals surface area contributed by atoms with Crippen LogP contribution in [0.15, 0.2) is 10.7 Å². The lowest BCUT2D eigenvalue weighted by atomic mass is 10.1. The van der Waals surface area contributed by atoms with Crippen LogP contribution >= 0.6 is 11.3 Å². The molecule has 1 N–H and O–H groups in total. The van der Waals surface area contributed by atoms with E-state index in [1.807, 2.05) is 13.8 Å². The quantitative estimate of drug-likeness (QED) is 0.908. The average molecular weight is 251 g/mol. The molecule has 0 saturated carbocycles. The van der Waals surface area contributed by atoms with Crippen molar-refractivity contribution < 1.29 is 9.32 Å². The van der Waals surface area contributed by atoms with Crippen LogP contribution in [0.25, 0.3) is 0 Å². The molecule has 5 nitrogen and oxygen atoms in total. The van der Waals surface area contributed by atoms with Crippen molar-refractivity contribution in [1.82, 2.24) is 10.1 Å². The Morgan fingerprint density at radius 1 is 1.47 bits per heavy atom. The zero-order valence-corrected chi connectivity index (χ0v) is 10.7.